The Morgan fingerprint density at radius 2 is 0.578 bits per heavy atom. The molecule has 0 radical (unpaired) electrons. The highest BCUT2D eigenvalue weighted by Gasteiger charge is 2.71. The van der Waals surface area contributed by atoms with Gasteiger partial charge in [-0.15, -0.1) is 56.7 Å². The molecule has 27 rings (SSSR count). The molecule has 13 nitrogen and oxygen atoms in total. The molecule has 9 unspecified atom stereocenters. The summed E-state index contributed by atoms with van der Waals surface area (Å²) >= 11 is 9.34. The molecule has 9 aliphatic heterocycles. The van der Waals surface area contributed by atoms with Crippen molar-refractivity contribution in [3.8, 4) is 0 Å². The van der Waals surface area contributed by atoms with Gasteiger partial charge in [0, 0.05) is 50.4 Å². The lowest BCUT2D eigenvalue weighted by Crippen LogP contribution is -2.62. The van der Waals surface area contributed by atoms with Crippen LogP contribution in [0.1, 0.15) is 386 Å². The fraction of sp³-hybridized carbons (Fsp3) is 0.538. The van der Waals surface area contributed by atoms with Gasteiger partial charge in [-0.2, -0.15) is 0 Å². The quantitative estimate of drug-likeness (QED) is 0.168. The first-order valence-electron chi connectivity index (χ1n) is 51.0. The van der Waals surface area contributed by atoms with Crippen molar-refractivity contribution in [3.05, 3.63) is 276 Å². The van der Waals surface area contributed by atoms with E-state index in [4.69, 9.17) is 24.4 Å². The van der Waals surface area contributed by atoms with E-state index in [-0.39, 0.29) is 71.8 Å². The van der Waals surface area contributed by atoms with Crippen LogP contribution in [0.15, 0.2) is 166 Å². The molecule has 6 aromatic heterocycles. The van der Waals surface area contributed by atoms with Crippen molar-refractivity contribution >= 4 is 90.8 Å². The topological polar surface area (TPSA) is 110 Å². The van der Waals surface area contributed by atoms with Crippen LogP contribution in [0.25, 0.3) is 0 Å². The number of para-hydroxylation sites is 6. The van der Waals surface area contributed by atoms with Crippen LogP contribution in [0.5, 0.6) is 0 Å². The number of hydrogen-bond donors (Lipinski definition) is 0. The summed E-state index contributed by atoms with van der Waals surface area (Å²) in [5, 5.41) is 0. The first kappa shape index (κ1) is 92.8. The molecule has 12 aromatic rings. The maximum absolute atomic E-state index is 5.95. The molecule has 135 heavy (non-hydrogen) atoms. The van der Waals surface area contributed by atoms with Gasteiger partial charge in [-0.1, -0.05) is 224 Å². The number of hydrogen-bond acceptors (Lipinski definition) is 18. The number of oxazole rings is 1. The van der Waals surface area contributed by atoms with Crippen molar-refractivity contribution in [1.29, 1.82) is 0 Å². The van der Waals surface area contributed by atoms with E-state index in [0.717, 1.165) is 35.1 Å². The van der Waals surface area contributed by atoms with Crippen LogP contribution in [0.3, 0.4) is 0 Å². The largest absolute Gasteiger partial charge is 0.446 e. The fourth-order valence-electron chi connectivity index (χ4n) is 30.8. The van der Waals surface area contributed by atoms with Crippen molar-refractivity contribution in [2.75, 3.05) is 29.4 Å². The zero-order chi connectivity index (χ0) is 95.3. The minimum absolute atomic E-state index is 0.0141. The Balaban J connectivity index is 0.0000000972. The molecule has 6 aromatic carbocycles. The molecule has 4 bridgehead atoms. The van der Waals surface area contributed by atoms with Gasteiger partial charge in [-0.25, -0.2) is 29.9 Å². The normalized spacial score (nSPS) is 30.0. The van der Waals surface area contributed by atoms with Crippen LogP contribution in [0.4, 0.5) is 34.1 Å². The lowest BCUT2D eigenvalue weighted by Gasteiger charge is -2.63. The van der Waals surface area contributed by atoms with E-state index in [2.05, 4.69) is 359 Å². The second-order valence-electron chi connectivity index (χ2n) is 46.9. The Bertz CT molecular complexity index is 6190. The molecule has 0 N–H and O–H groups in total. The van der Waals surface area contributed by atoms with Gasteiger partial charge in [-0.3, -0.25) is 0 Å². The number of aromatic nitrogens is 6. The second-order valence-corrected chi connectivity index (χ2v) is 51.2. The second kappa shape index (κ2) is 32.3. The monoisotopic (exact) mass is 1900 g/mol. The first-order valence-corrected chi connectivity index (χ1v) is 55.4. The number of nitrogens with zero attached hydrogens (tertiary/aromatic N) is 12. The van der Waals surface area contributed by atoms with E-state index in [0.29, 0.717) is 30.2 Å². The Labute approximate surface area is 826 Å². The van der Waals surface area contributed by atoms with Gasteiger partial charge < -0.3 is 33.8 Å². The maximum Gasteiger partial charge on any atom is 0.181 e. The van der Waals surface area contributed by atoms with E-state index in [9.17, 15) is 0 Å². The lowest BCUT2D eigenvalue weighted by molar-refractivity contribution is -0.0588. The highest BCUT2D eigenvalue weighted by atomic mass is 32.1. The predicted octanol–water partition coefficient (Wildman–Crippen LogP) is 31.9. The van der Waals surface area contributed by atoms with Crippen molar-refractivity contribution in [2.24, 2.45) is 39.9 Å². The van der Waals surface area contributed by atoms with E-state index in [1.165, 1.54) is 222 Å². The van der Waals surface area contributed by atoms with Gasteiger partial charge in [-0.05, 0) is 270 Å². The minimum Gasteiger partial charge on any atom is -0.446 e. The predicted molar refractivity (Wildman–Crippen MR) is 566 cm³/mol. The molecule has 6 aliphatic carbocycles. The number of aryl methyl sites for hydroxylation is 6. The summed E-state index contributed by atoms with van der Waals surface area (Å²) in [4.78, 5) is 52.0. The molecular formula is C117H146N12OS5. The van der Waals surface area contributed by atoms with Crippen LogP contribution in [-0.4, -0.2) is 29.9 Å². The average molecular weight is 1900 g/mol. The Morgan fingerprint density at radius 3 is 0.956 bits per heavy atom. The van der Waals surface area contributed by atoms with E-state index >= 15 is 0 Å². The number of benzene rings is 6. The zero-order valence-corrected chi connectivity index (χ0v) is 89.7. The van der Waals surface area contributed by atoms with Crippen LogP contribution in [0, 0.1) is 81.5 Å². The van der Waals surface area contributed by atoms with E-state index in [1.807, 2.05) is 78.7 Å². The average Bonchev–Trinajstić information content (AvgIpc) is 1.53. The Hall–Kier alpha value is -8.52. The number of thiazole rings is 5. The molecule has 0 saturated heterocycles. The summed E-state index contributed by atoms with van der Waals surface area (Å²) < 4.78 is 5.95. The molecule has 9 atom stereocenters. The maximum atomic E-state index is 5.95. The van der Waals surface area contributed by atoms with Crippen molar-refractivity contribution in [2.45, 2.75) is 363 Å². The summed E-state index contributed by atoms with van der Waals surface area (Å²) in [5.41, 5.74) is 39.8. The molecular weight excluding hydrogens is 1750 g/mol. The summed E-state index contributed by atoms with van der Waals surface area (Å²) in [6.45, 7) is 63.5. The summed E-state index contributed by atoms with van der Waals surface area (Å²) in [7, 11) is 0. The summed E-state index contributed by atoms with van der Waals surface area (Å²) in [6, 6.07) is 49.0. The van der Waals surface area contributed by atoms with Crippen LogP contribution >= 0.6 is 56.7 Å². The fourth-order valence-corrected chi connectivity index (χ4v) is 36.7. The van der Waals surface area contributed by atoms with Gasteiger partial charge in [0.2, 0.25) is 0 Å². The van der Waals surface area contributed by atoms with E-state index < -0.39 is 0 Å². The van der Waals surface area contributed by atoms with Gasteiger partial charge >= 0.3 is 0 Å². The molecule has 710 valence electrons. The van der Waals surface area contributed by atoms with Crippen LogP contribution < -0.4 is 29.4 Å². The molecule has 0 amide bonds. The first-order chi connectivity index (χ1) is 64.1. The van der Waals surface area contributed by atoms with Gasteiger partial charge in [0.25, 0.3) is 0 Å². The number of fused-ring (bicyclic) bond motifs is 20. The third-order valence-electron chi connectivity index (χ3n) is 40.0. The molecule has 15 aliphatic rings. The molecule has 6 saturated carbocycles. The molecule has 6 fully saturated rings. The standard InChI is InChI=1S/C22H26N2S.C20H26N2O.2C20H26N2S.C18H22N2S.C17H20N2S/c1-13-5-3-4-6-19(13)24-14(2)20-21(25-12-23-20)22(24)17-8-15-7-16(10-17)11-18(22)9-15;3*1-12-9-8-10-14-16(12)22-13(2)15-17(23-11-21-15)20(22,7)19(5,6)18(14,3)4;1-13-8-4-5-9-15(13)20-14(2)16-17(21-12-19-16)18(20)10-6-3-7-11-18;1-12-7-3-4-8-14(12)19-13(2)15-16(20-11-18-15)17(19)9-5-6-10-17/h3-6,12,14-18H,7-11H2,1-2H3;3*8-11,13H,1-7H3;4-5,8-9,12,14H,3,6-7,10-11H2,1-2H3;3-4,7-8,11,13H,5-6,9-10H2,1-2H3. The van der Waals surface area contributed by atoms with Crippen LogP contribution in [-0.2, 0) is 49.5 Å². The third-order valence-corrected chi connectivity index (χ3v) is 45.1. The third kappa shape index (κ3) is 12.4. The number of anilines is 6. The van der Waals surface area contributed by atoms with Crippen molar-refractivity contribution < 1.29 is 4.42 Å². The zero-order valence-electron chi connectivity index (χ0n) is 85.6. The van der Waals surface area contributed by atoms with Gasteiger partial charge in [0.05, 0.1) is 144 Å². The van der Waals surface area contributed by atoms with Crippen molar-refractivity contribution in [3.63, 3.8) is 0 Å². The summed E-state index contributed by atoms with van der Waals surface area (Å²) in [6.07, 6.45) is 20.8. The minimum atomic E-state index is -0.207. The highest BCUT2D eigenvalue weighted by molar-refractivity contribution is 7.11. The Kier molecular flexibility index (Phi) is 22.2. The van der Waals surface area contributed by atoms with Gasteiger partial charge in [0.15, 0.2) is 12.2 Å². The smallest absolute Gasteiger partial charge is 0.181 e. The van der Waals surface area contributed by atoms with Gasteiger partial charge in [0.1, 0.15) is 11.2 Å². The number of rotatable bonds is 3. The lowest BCUT2D eigenvalue weighted by atomic mass is 9.48. The summed E-state index contributed by atoms with van der Waals surface area (Å²) in [5.74, 6) is 4.69. The van der Waals surface area contributed by atoms with E-state index in [1.54, 1.807) is 11.3 Å². The molecule has 18 heteroatoms. The van der Waals surface area contributed by atoms with Crippen LogP contribution in [0.2, 0.25) is 0 Å². The SMILES string of the molecule is Cc1cccc2c1N1C(C)c3ncoc3C1(C)C(C)(C)C2(C)C.Cc1cccc2c1N1C(C)c3ncsc3C1(C)C(C)(C)C2(C)C.Cc1cccc2c1N1C(C)c3ncsc3C1(C)C(C)(C)C2(C)C.Cc1ccccc1N1C(C)c2ncsc2C12C1CC3CC(C1)CC2C3.Cc1ccccc1N1C(C)c2ncsc2C12CCCC2.Cc1ccccc1N1C(C)c2ncsc2C12CCCCC2. The highest BCUT2D eigenvalue weighted by Crippen LogP contribution is 2.74. The van der Waals surface area contributed by atoms with Crippen molar-refractivity contribution in [1.82, 2.24) is 29.9 Å². The molecule has 3 spiro atoms. The molecule has 15 heterocycles. The Morgan fingerprint density at radius 1 is 0.289 bits per heavy atom.